The van der Waals surface area contributed by atoms with Crippen LogP contribution in [0.1, 0.15) is 11.1 Å². The average molecular weight is 392 g/mol. The van der Waals surface area contributed by atoms with Crippen LogP contribution in [0.2, 0.25) is 0 Å². The monoisotopic (exact) mass is 392 g/mol. The second-order valence-electron chi connectivity index (χ2n) is 7.11. The van der Waals surface area contributed by atoms with Crippen LogP contribution in [-0.4, -0.2) is 0 Å². The molecule has 0 unspecified atom stereocenters. The molecule has 0 saturated heterocycles. The molecule has 0 aromatic heterocycles. The van der Waals surface area contributed by atoms with E-state index in [0.717, 1.165) is 5.56 Å². The fourth-order valence-corrected chi connectivity index (χ4v) is 8.01. The van der Waals surface area contributed by atoms with Crippen LogP contribution in [-0.2, 0) is 0 Å². The number of benzene rings is 4. The zero-order valence-corrected chi connectivity index (χ0v) is 17.4. The van der Waals surface area contributed by atoms with Gasteiger partial charge < -0.3 is 0 Å². The first-order chi connectivity index (χ1) is 14.3. The Kier molecular flexibility index (Phi) is 5.84. The van der Waals surface area contributed by atoms with E-state index in [1.165, 1.54) is 21.5 Å². The molecule has 0 spiro atoms. The zero-order valence-electron chi connectivity index (χ0n) is 16.4. The van der Waals surface area contributed by atoms with Gasteiger partial charge in [-0.05, 0) is 0 Å². The van der Waals surface area contributed by atoms with E-state index >= 15 is 0 Å². The summed E-state index contributed by atoms with van der Waals surface area (Å²) >= 11 is 0. The molecule has 142 valence electrons. The van der Waals surface area contributed by atoms with Crippen LogP contribution in [0.5, 0.6) is 0 Å². The van der Waals surface area contributed by atoms with Gasteiger partial charge in [0.05, 0.1) is 0 Å². The van der Waals surface area contributed by atoms with Gasteiger partial charge >= 0.3 is 174 Å². The van der Waals surface area contributed by atoms with Crippen molar-refractivity contribution in [3.63, 3.8) is 0 Å². The Hall–Kier alpha value is -3.21. The van der Waals surface area contributed by atoms with Crippen molar-refractivity contribution in [2.45, 2.75) is 0 Å². The van der Waals surface area contributed by atoms with Gasteiger partial charge in [0.25, 0.3) is 0 Å². The van der Waals surface area contributed by atoms with Crippen LogP contribution in [0.15, 0.2) is 128 Å². The van der Waals surface area contributed by atoms with Crippen LogP contribution in [0.25, 0.3) is 12.2 Å². The van der Waals surface area contributed by atoms with Crippen molar-refractivity contribution >= 4 is 35.3 Å². The molecule has 1 heteroatoms. The van der Waals surface area contributed by atoms with Gasteiger partial charge in [-0.25, -0.2) is 0 Å². The standard InChI is InChI=1S/C28H25P/c1-2-24-18-20-28(21-19-24)29(26-14-8-4-9-15-26,27-16-10-5-11-17-27)23-22-25-12-6-3-7-13-25/h2-23,29H,1H2. The molecule has 0 bridgehead atoms. The summed E-state index contributed by atoms with van der Waals surface area (Å²) in [6.07, 6.45) is 4.19. The summed E-state index contributed by atoms with van der Waals surface area (Å²) < 4.78 is 0. The first-order valence-electron chi connectivity index (χ1n) is 9.91. The van der Waals surface area contributed by atoms with Gasteiger partial charge in [-0.2, -0.15) is 0 Å². The van der Waals surface area contributed by atoms with Crippen molar-refractivity contribution in [3.8, 4) is 0 Å². The summed E-state index contributed by atoms with van der Waals surface area (Å²) in [5.74, 6) is 2.47. The van der Waals surface area contributed by atoms with Crippen molar-refractivity contribution in [1.82, 2.24) is 0 Å². The predicted molar refractivity (Wildman–Crippen MR) is 132 cm³/mol. The average Bonchev–Trinajstić information content (AvgIpc) is 2.82. The molecule has 0 N–H and O–H groups in total. The molecule has 0 atom stereocenters. The molecule has 4 aromatic carbocycles. The SMILES string of the molecule is C=Cc1ccc([PH](C=Cc2ccccc2)(c2ccccc2)c2ccccc2)cc1. The molecule has 0 aliphatic heterocycles. The maximum atomic E-state index is 3.91. The van der Waals surface area contributed by atoms with Gasteiger partial charge in [-0.1, -0.05) is 0 Å². The molecule has 0 aliphatic carbocycles. The summed E-state index contributed by atoms with van der Waals surface area (Å²) in [5.41, 5.74) is 2.36. The molecule has 0 saturated carbocycles. The van der Waals surface area contributed by atoms with Gasteiger partial charge in [0, 0.05) is 0 Å². The Morgan fingerprint density at radius 1 is 0.483 bits per heavy atom. The third kappa shape index (κ3) is 3.99. The van der Waals surface area contributed by atoms with E-state index in [0.29, 0.717) is 0 Å². The van der Waals surface area contributed by atoms with Crippen molar-refractivity contribution < 1.29 is 0 Å². The number of hydrogen-bond donors (Lipinski definition) is 0. The quantitative estimate of drug-likeness (QED) is 0.352. The van der Waals surface area contributed by atoms with Crippen molar-refractivity contribution in [2.24, 2.45) is 0 Å². The minimum atomic E-state index is -2.36. The number of hydrogen-bond acceptors (Lipinski definition) is 0. The molecular formula is C28H25P. The fraction of sp³-hybridized carbons (Fsp3) is 0. The molecule has 4 rings (SSSR count). The van der Waals surface area contributed by atoms with Crippen LogP contribution >= 0.6 is 7.26 Å². The van der Waals surface area contributed by atoms with Gasteiger partial charge in [0.1, 0.15) is 0 Å². The summed E-state index contributed by atoms with van der Waals surface area (Å²) in [6.45, 7) is 3.91. The van der Waals surface area contributed by atoms with Gasteiger partial charge in [0.15, 0.2) is 0 Å². The Balaban J connectivity index is 1.99. The summed E-state index contributed by atoms with van der Waals surface area (Å²) in [4.78, 5) is 0. The molecule has 0 aliphatic rings. The third-order valence-electron chi connectivity index (χ3n) is 5.39. The van der Waals surface area contributed by atoms with Crippen LogP contribution in [0.4, 0.5) is 0 Å². The van der Waals surface area contributed by atoms with Gasteiger partial charge in [-0.3, -0.25) is 0 Å². The molecule has 0 heterocycles. The fourth-order valence-electron chi connectivity index (χ4n) is 3.86. The Morgan fingerprint density at radius 3 is 1.41 bits per heavy atom. The summed E-state index contributed by atoms with van der Waals surface area (Å²) in [7, 11) is -2.36. The van der Waals surface area contributed by atoms with Crippen molar-refractivity contribution in [3.05, 3.63) is 139 Å². The van der Waals surface area contributed by atoms with E-state index in [2.05, 4.69) is 134 Å². The Labute approximate surface area is 174 Å². The van der Waals surface area contributed by atoms with E-state index < -0.39 is 7.26 Å². The van der Waals surface area contributed by atoms with Crippen LogP contribution < -0.4 is 15.9 Å². The predicted octanol–water partition coefficient (Wildman–Crippen LogP) is 6.03. The molecule has 0 amide bonds. The molecule has 29 heavy (non-hydrogen) atoms. The van der Waals surface area contributed by atoms with Gasteiger partial charge in [-0.15, -0.1) is 0 Å². The topological polar surface area (TPSA) is 0 Å². The van der Waals surface area contributed by atoms with E-state index in [1.807, 2.05) is 6.08 Å². The molecule has 0 nitrogen and oxygen atoms in total. The Morgan fingerprint density at radius 2 is 0.931 bits per heavy atom. The van der Waals surface area contributed by atoms with E-state index in [4.69, 9.17) is 0 Å². The van der Waals surface area contributed by atoms with Crippen LogP contribution in [0, 0.1) is 0 Å². The van der Waals surface area contributed by atoms with Crippen molar-refractivity contribution in [1.29, 1.82) is 0 Å². The summed E-state index contributed by atoms with van der Waals surface area (Å²) in [6, 6.07) is 41.3. The second kappa shape index (κ2) is 8.86. The zero-order chi connectivity index (χ0) is 19.9. The Bertz CT molecular complexity index is 1040. The minimum absolute atomic E-state index is 1.14. The van der Waals surface area contributed by atoms with Crippen molar-refractivity contribution in [2.75, 3.05) is 0 Å². The molecular weight excluding hydrogens is 367 g/mol. The van der Waals surface area contributed by atoms with E-state index in [-0.39, 0.29) is 0 Å². The maximum absolute atomic E-state index is 3.91. The van der Waals surface area contributed by atoms with E-state index in [1.54, 1.807) is 0 Å². The van der Waals surface area contributed by atoms with Gasteiger partial charge in [0.2, 0.25) is 0 Å². The first kappa shape index (κ1) is 19.1. The summed E-state index contributed by atoms with van der Waals surface area (Å²) in [5, 5.41) is 4.13. The van der Waals surface area contributed by atoms with E-state index in [9.17, 15) is 0 Å². The van der Waals surface area contributed by atoms with Crippen LogP contribution in [0.3, 0.4) is 0 Å². The normalized spacial score (nSPS) is 12.0. The second-order valence-corrected chi connectivity index (χ2v) is 10.8. The first-order valence-corrected chi connectivity index (χ1v) is 12.0. The number of rotatable bonds is 6. The molecule has 4 aromatic rings. The molecule has 0 fully saturated rings. The molecule has 0 radical (unpaired) electrons. The third-order valence-corrected chi connectivity index (χ3v) is 9.78.